The molecule has 90 valence electrons. The largest absolute Gasteiger partial charge is 0.396 e. The normalized spacial score (nSPS) is 9.71. The maximum Gasteiger partial charge on any atom is 0.224 e. The van der Waals surface area contributed by atoms with Crippen LogP contribution in [-0.4, -0.2) is 17.6 Å². The minimum atomic E-state index is -0.126. The zero-order valence-corrected chi connectivity index (χ0v) is 10.00. The number of halogens is 1. The molecule has 1 aromatic rings. The van der Waals surface area contributed by atoms with Crippen LogP contribution < -0.4 is 5.32 Å². The average molecular weight is 253 g/mol. The highest BCUT2D eigenvalue weighted by molar-refractivity contribution is 6.32. The van der Waals surface area contributed by atoms with Crippen LogP contribution in [0.1, 0.15) is 24.8 Å². The monoisotopic (exact) mass is 252 g/mol. The molecule has 1 rings (SSSR count). The quantitative estimate of drug-likeness (QED) is 0.790. The number of rotatable bonds is 5. The van der Waals surface area contributed by atoms with Crippen LogP contribution in [0.5, 0.6) is 0 Å². The lowest BCUT2D eigenvalue weighted by atomic mass is 10.2. The molecule has 0 saturated heterocycles. The van der Waals surface area contributed by atoms with Crippen molar-refractivity contribution in [3.8, 4) is 6.07 Å². The molecule has 0 radical (unpaired) electrons. The van der Waals surface area contributed by atoms with Crippen LogP contribution in [0.4, 0.5) is 5.69 Å². The first-order chi connectivity index (χ1) is 8.17. The van der Waals surface area contributed by atoms with Crippen molar-refractivity contribution in [2.24, 2.45) is 0 Å². The van der Waals surface area contributed by atoms with E-state index in [2.05, 4.69) is 5.32 Å². The molecule has 1 aromatic carbocycles. The first kappa shape index (κ1) is 13.5. The maximum atomic E-state index is 11.5. The van der Waals surface area contributed by atoms with Gasteiger partial charge >= 0.3 is 0 Å². The van der Waals surface area contributed by atoms with Gasteiger partial charge in [0.25, 0.3) is 0 Å². The van der Waals surface area contributed by atoms with Gasteiger partial charge in [-0.05, 0) is 31.0 Å². The molecule has 0 fully saturated rings. The summed E-state index contributed by atoms with van der Waals surface area (Å²) in [5.74, 6) is -0.126. The van der Waals surface area contributed by atoms with Gasteiger partial charge in [0.15, 0.2) is 0 Å². The number of anilines is 1. The molecule has 0 aliphatic rings. The number of hydrogen-bond acceptors (Lipinski definition) is 3. The average Bonchev–Trinajstić information content (AvgIpc) is 2.29. The molecule has 0 aliphatic heterocycles. The van der Waals surface area contributed by atoms with Gasteiger partial charge in [0.1, 0.15) is 6.07 Å². The van der Waals surface area contributed by atoms with E-state index in [-0.39, 0.29) is 12.5 Å². The highest BCUT2D eigenvalue weighted by atomic mass is 35.5. The summed E-state index contributed by atoms with van der Waals surface area (Å²) < 4.78 is 0. The van der Waals surface area contributed by atoms with E-state index in [0.29, 0.717) is 35.5 Å². The minimum Gasteiger partial charge on any atom is -0.396 e. The van der Waals surface area contributed by atoms with Crippen molar-refractivity contribution in [1.82, 2.24) is 0 Å². The number of aliphatic hydroxyl groups excluding tert-OH is 1. The Morgan fingerprint density at radius 2 is 2.24 bits per heavy atom. The summed E-state index contributed by atoms with van der Waals surface area (Å²) in [6, 6.07) is 6.69. The summed E-state index contributed by atoms with van der Waals surface area (Å²) in [7, 11) is 0. The second-order valence-electron chi connectivity index (χ2n) is 3.54. The van der Waals surface area contributed by atoms with E-state index in [9.17, 15) is 4.79 Å². The number of benzene rings is 1. The van der Waals surface area contributed by atoms with Crippen LogP contribution in [0, 0.1) is 11.3 Å². The van der Waals surface area contributed by atoms with Crippen LogP contribution >= 0.6 is 11.6 Å². The van der Waals surface area contributed by atoms with Crippen molar-refractivity contribution in [3.05, 3.63) is 28.8 Å². The molecule has 0 aromatic heterocycles. The van der Waals surface area contributed by atoms with Gasteiger partial charge in [-0.25, -0.2) is 0 Å². The molecule has 0 atom stereocenters. The topological polar surface area (TPSA) is 73.1 Å². The standard InChI is InChI=1S/C12H13ClN2O2/c13-11-7-10(5-4-9(11)8-14)15-12(17)3-1-2-6-16/h4-5,7,16H,1-3,6H2,(H,15,17). The summed E-state index contributed by atoms with van der Waals surface area (Å²) in [6.45, 7) is 0.0932. The van der Waals surface area contributed by atoms with Crippen molar-refractivity contribution in [2.75, 3.05) is 11.9 Å². The Balaban J connectivity index is 2.55. The first-order valence-corrected chi connectivity index (χ1v) is 5.65. The van der Waals surface area contributed by atoms with E-state index in [4.69, 9.17) is 22.0 Å². The van der Waals surface area contributed by atoms with E-state index in [1.807, 2.05) is 6.07 Å². The van der Waals surface area contributed by atoms with Crippen LogP contribution in [-0.2, 0) is 4.79 Å². The summed E-state index contributed by atoms with van der Waals surface area (Å²) >= 11 is 5.83. The van der Waals surface area contributed by atoms with Crippen molar-refractivity contribution in [2.45, 2.75) is 19.3 Å². The zero-order valence-electron chi connectivity index (χ0n) is 9.24. The van der Waals surface area contributed by atoms with Gasteiger partial charge in [0.05, 0.1) is 10.6 Å². The third kappa shape index (κ3) is 4.43. The van der Waals surface area contributed by atoms with Gasteiger partial charge in [-0.1, -0.05) is 11.6 Å². The molecule has 0 aliphatic carbocycles. The smallest absolute Gasteiger partial charge is 0.224 e. The van der Waals surface area contributed by atoms with E-state index in [1.165, 1.54) is 0 Å². The Morgan fingerprint density at radius 3 is 2.82 bits per heavy atom. The SMILES string of the molecule is N#Cc1ccc(NC(=O)CCCCO)cc1Cl. The number of carbonyl (C=O) groups is 1. The Hall–Kier alpha value is -1.57. The Bertz CT molecular complexity index is 441. The molecule has 0 saturated carbocycles. The van der Waals surface area contributed by atoms with Gasteiger partial charge in [-0.15, -0.1) is 0 Å². The van der Waals surface area contributed by atoms with Crippen LogP contribution in [0.25, 0.3) is 0 Å². The number of amides is 1. The molecule has 17 heavy (non-hydrogen) atoms. The van der Waals surface area contributed by atoms with E-state index < -0.39 is 0 Å². The minimum absolute atomic E-state index is 0.0932. The van der Waals surface area contributed by atoms with Crippen LogP contribution in [0.2, 0.25) is 5.02 Å². The lowest BCUT2D eigenvalue weighted by Crippen LogP contribution is -2.11. The molecule has 0 bridgehead atoms. The summed E-state index contributed by atoms with van der Waals surface area (Å²) in [6.07, 6.45) is 1.62. The highest BCUT2D eigenvalue weighted by Crippen LogP contribution is 2.20. The Kier molecular flexibility index (Phi) is 5.47. The third-order valence-electron chi connectivity index (χ3n) is 2.19. The lowest BCUT2D eigenvalue weighted by Gasteiger charge is -2.05. The van der Waals surface area contributed by atoms with Crippen molar-refractivity contribution >= 4 is 23.2 Å². The van der Waals surface area contributed by atoms with Crippen LogP contribution in [0.3, 0.4) is 0 Å². The highest BCUT2D eigenvalue weighted by Gasteiger charge is 2.04. The van der Waals surface area contributed by atoms with Gasteiger partial charge in [0.2, 0.25) is 5.91 Å². The second-order valence-corrected chi connectivity index (χ2v) is 3.94. The Labute approximate surface area is 105 Å². The summed E-state index contributed by atoms with van der Waals surface area (Å²) in [5.41, 5.74) is 0.952. The van der Waals surface area contributed by atoms with E-state index >= 15 is 0 Å². The van der Waals surface area contributed by atoms with Crippen molar-refractivity contribution in [3.63, 3.8) is 0 Å². The first-order valence-electron chi connectivity index (χ1n) is 5.27. The van der Waals surface area contributed by atoms with Crippen molar-refractivity contribution < 1.29 is 9.90 Å². The number of unbranched alkanes of at least 4 members (excludes halogenated alkanes) is 1. The number of hydrogen-bond donors (Lipinski definition) is 2. The van der Waals surface area contributed by atoms with Gasteiger partial charge in [-0.3, -0.25) is 4.79 Å². The fourth-order valence-electron chi connectivity index (χ4n) is 1.30. The van der Waals surface area contributed by atoms with Gasteiger partial charge < -0.3 is 10.4 Å². The fourth-order valence-corrected chi connectivity index (χ4v) is 1.53. The van der Waals surface area contributed by atoms with E-state index in [0.717, 1.165) is 0 Å². The molecule has 0 unspecified atom stereocenters. The predicted molar refractivity (Wildman–Crippen MR) is 65.7 cm³/mol. The number of nitrogens with one attached hydrogen (secondary N) is 1. The fraction of sp³-hybridized carbons (Fsp3) is 0.333. The van der Waals surface area contributed by atoms with Crippen molar-refractivity contribution in [1.29, 1.82) is 5.26 Å². The molecule has 0 heterocycles. The predicted octanol–water partition coefficient (Wildman–Crippen LogP) is 2.31. The number of aliphatic hydroxyl groups is 1. The number of nitriles is 1. The maximum absolute atomic E-state index is 11.5. The molecule has 4 nitrogen and oxygen atoms in total. The molecule has 1 amide bonds. The summed E-state index contributed by atoms with van der Waals surface area (Å²) in [4.78, 5) is 11.5. The lowest BCUT2D eigenvalue weighted by molar-refractivity contribution is -0.116. The third-order valence-corrected chi connectivity index (χ3v) is 2.50. The molecule has 0 spiro atoms. The van der Waals surface area contributed by atoms with Gasteiger partial charge in [0, 0.05) is 18.7 Å². The molecular formula is C12H13ClN2O2. The van der Waals surface area contributed by atoms with Gasteiger partial charge in [-0.2, -0.15) is 5.26 Å². The number of nitrogens with zero attached hydrogens (tertiary/aromatic N) is 1. The Morgan fingerprint density at radius 1 is 1.47 bits per heavy atom. The van der Waals surface area contributed by atoms with Crippen LogP contribution in [0.15, 0.2) is 18.2 Å². The molecule has 5 heteroatoms. The molecular weight excluding hydrogens is 240 g/mol. The number of carbonyl (C=O) groups excluding carboxylic acids is 1. The summed E-state index contributed by atoms with van der Waals surface area (Å²) in [5, 5.41) is 20.3. The molecule has 2 N–H and O–H groups in total. The van der Waals surface area contributed by atoms with E-state index in [1.54, 1.807) is 18.2 Å². The zero-order chi connectivity index (χ0) is 12.7. The second kappa shape index (κ2) is 6.89.